The first-order chi connectivity index (χ1) is 14.2. The molecule has 0 spiro atoms. The zero-order chi connectivity index (χ0) is 20.2. The molecule has 1 saturated heterocycles. The lowest BCUT2D eigenvalue weighted by atomic mass is 10.2. The molecule has 0 atom stereocenters. The fraction of sp³-hybridized carbons (Fsp3) is 0.391. The number of halogens is 1. The Morgan fingerprint density at radius 3 is 2.31 bits per heavy atom. The van der Waals surface area contributed by atoms with Crippen LogP contribution in [0.3, 0.4) is 0 Å². The van der Waals surface area contributed by atoms with Crippen LogP contribution in [0.25, 0.3) is 10.9 Å². The summed E-state index contributed by atoms with van der Waals surface area (Å²) in [7, 11) is 0. The summed E-state index contributed by atoms with van der Waals surface area (Å²) in [6, 6.07) is 16.4. The zero-order valence-electron chi connectivity index (χ0n) is 17.2. The lowest BCUT2D eigenvalue weighted by molar-refractivity contribution is 0.249. The molecule has 0 aliphatic carbocycles. The van der Waals surface area contributed by atoms with E-state index in [-0.39, 0.29) is 0 Å². The van der Waals surface area contributed by atoms with Gasteiger partial charge in [-0.3, -0.25) is 4.90 Å². The quantitative estimate of drug-likeness (QED) is 0.601. The Hall–Kier alpha value is -2.37. The molecule has 152 valence electrons. The molecule has 0 amide bonds. The number of piperazine rings is 1. The third-order valence-electron chi connectivity index (χ3n) is 5.64. The highest BCUT2D eigenvalue weighted by molar-refractivity contribution is 6.31. The van der Waals surface area contributed by atoms with Crippen molar-refractivity contribution in [3.8, 4) is 0 Å². The normalized spacial score (nSPS) is 15.1. The first-order valence-electron chi connectivity index (χ1n) is 10.4. The van der Waals surface area contributed by atoms with Gasteiger partial charge in [0.15, 0.2) is 0 Å². The maximum atomic E-state index is 6.34. The molecular weight excluding hydrogens is 382 g/mol. The smallest absolute Gasteiger partial charge is 0.227 e. The van der Waals surface area contributed by atoms with Crippen LogP contribution in [0.2, 0.25) is 5.02 Å². The molecule has 0 saturated carbocycles. The maximum Gasteiger partial charge on any atom is 0.227 e. The van der Waals surface area contributed by atoms with Crippen molar-refractivity contribution < 1.29 is 0 Å². The van der Waals surface area contributed by atoms with Crippen LogP contribution in [0, 0.1) is 0 Å². The largest absolute Gasteiger partial charge is 0.356 e. The van der Waals surface area contributed by atoms with Gasteiger partial charge in [-0.2, -0.15) is 4.98 Å². The van der Waals surface area contributed by atoms with Crippen LogP contribution in [-0.4, -0.2) is 54.1 Å². The summed E-state index contributed by atoms with van der Waals surface area (Å²) < 4.78 is 0. The van der Waals surface area contributed by atoms with Crippen molar-refractivity contribution in [2.45, 2.75) is 20.4 Å². The highest BCUT2D eigenvalue weighted by atomic mass is 35.5. The second-order valence-electron chi connectivity index (χ2n) is 7.39. The second kappa shape index (κ2) is 8.97. The molecular formula is C23H28ClN5. The lowest BCUT2D eigenvalue weighted by Gasteiger charge is -2.35. The van der Waals surface area contributed by atoms with E-state index in [4.69, 9.17) is 21.6 Å². The highest BCUT2D eigenvalue weighted by Crippen LogP contribution is 2.27. The van der Waals surface area contributed by atoms with Gasteiger partial charge in [-0.15, -0.1) is 0 Å². The molecule has 0 unspecified atom stereocenters. The van der Waals surface area contributed by atoms with Gasteiger partial charge >= 0.3 is 0 Å². The number of anilines is 2. The standard InChI is InChI=1S/C23H28ClN5/c1-3-28(4-2)22-19-10-6-8-12-21(19)25-23(26-22)29-15-13-27(14-16-29)17-18-9-5-7-11-20(18)24/h5-12H,3-4,13-17H2,1-2H3. The van der Waals surface area contributed by atoms with Gasteiger partial charge in [0.25, 0.3) is 0 Å². The van der Waals surface area contributed by atoms with Crippen LogP contribution >= 0.6 is 11.6 Å². The average Bonchev–Trinajstić information content (AvgIpc) is 2.76. The van der Waals surface area contributed by atoms with E-state index in [0.717, 1.165) is 73.5 Å². The van der Waals surface area contributed by atoms with E-state index < -0.39 is 0 Å². The van der Waals surface area contributed by atoms with Crippen molar-refractivity contribution in [3.63, 3.8) is 0 Å². The van der Waals surface area contributed by atoms with Crippen LogP contribution in [-0.2, 0) is 6.54 Å². The van der Waals surface area contributed by atoms with E-state index in [1.807, 2.05) is 18.2 Å². The van der Waals surface area contributed by atoms with Gasteiger partial charge in [0.05, 0.1) is 5.52 Å². The number of aromatic nitrogens is 2. The predicted octanol–water partition coefficient (Wildman–Crippen LogP) is 4.45. The molecule has 1 aliphatic heterocycles. The summed E-state index contributed by atoms with van der Waals surface area (Å²) in [5, 5.41) is 1.97. The average molecular weight is 410 g/mol. The Labute approximate surface area is 177 Å². The molecule has 2 aromatic carbocycles. The zero-order valence-corrected chi connectivity index (χ0v) is 17.9. The molecule has 3 aromatic rings. The van der Waals surface area contributed by atoms with Gasteiger partial charge < -0.3 is 9.80 Å². The molecule has 0 bridgehead atoms. The van der Waals surface area contributed by atoms with E-state index in [9.17, 15) is 0 Å². The predicted molar refractivity (Wildman–Crippen MR) is 122 cm³/mol. The fourth-order valence-electron chi connectivity index (χ4n) is 3.93. The van der Waals surface area contributed by atoms with Crippen molar-refractivity contribution in [3.05, 3.63) is 59.1 Å². The highest BCUT2D eigenvalue weighted by Gasteiger charge is 2.22. The number of para-hydroxylation sites is 1. The van der Waals surface area contributed by atoms with Crippen LogP contribution in [0.4, 0.5) is 11.8 Å². The van der Waals surface area contributed by atoms with E-state index in [1.54, 1.807) is 0 Å². The topological polar surface area (TPSA) is 35.5 Å². The second-order valence-corrected chi connectivity index (χ2v) is 7.80. The number of hydrogen-bond acceptors (Lipinski definition) is 5. The Balaban J connectivity index is 1.53. The van der Waals surface area contributed by atoms with Crippen molar-refractivity contribution in [1.29, 1.82) is 0 Å². The number of rotatable bonds is 6. The van der Waals surface area contributed by atoms with Gasteiger partial charge in [0, 0.05) is 56.2 Å². The summed E-state index contributed by atoms with van der Waals surface area (Å²) in [4.78, 5) is 16.9. The Kier molecular flexibility index (Phi) is 6.16. The number of hydrogen-bond donors (Lipinski definition) is 0. The van der Waals surface area contributed by atoms with Crippen LogP contribution in [0.1, 0.15) is 19.4 Å². The molecule has 1 aromatic heterocycles. The summed E-state index contributed by atoms with van der Waals surface area (Å²) in [6.07, 6.45) is 0. The number of fused-ring (bicyclic) bond motifs is 1. The molecule has 0 radical (unpaired) electrons. The van der Waals surface area contributed by atoms with Crippen molar-refractivity contribution >= 4 is 34.3 Å². The van der Waals surface area contributed by atoms with Gasteiger partial charge in [-0.05, 0) is 37.6 Å². The van der Waals surface area contributed by atoms with E-state index in [1.165, 1.54) is 5.56 Å². The Morgan fingerprint density at radius 2 is 1.59 bits per heavy atom. The molecule has 0 N–H and O–H groups in total. The van der Waals surface area contributed by atoms with Gasteiger partial charge in [0.2, 0.25) is 5.95 Å². The van der Waals surface area contributed by atoms with Crippen molar-refractivity contribution in [2.75, 3.05) is 49.1 Å². The van der Waals surface area contributed by atoms with Gasteiger partial charge in [-0.25, -0.2) is 4.98 Å². The minimum Gasteiger partial charge on any atom is -0.356 e. The molecule has 1 fully saturated rings. The lowest BCUT2D eigenvalue weighted by Crippen LogP contribution is -2.46. The molecule has 5 nitrogen and oxygen atoms in total. The van der Waals surface area contributed by atoms with Crippen LogP contribution in [0.15, 0.2) is 48.5 Å². The van der Waals surface area contributed by atoms with Gasteiger partial charge in [0.1, 0.15) is 5.82 Å². The first-order valence-corrected chi connectivity index (χ1v) is 10.8. The summed E-state index contributed by atoms with van der Waals surface area (Å²) >= 11 is 6.34. The monoisotopic (exact) mass is 409 g/mol. The van der Waals surface area contributed by atoms with Gasteiger partial charge in [-0.1, -0.05) is 41.9 Å². The summed E-state index contributed by atoms with van der Waals surface area (Å²) in [5.41, 5.74) is 2.20. The Bertz CT molecular complexity index is 964. The molecule has 29 heavy (non-hydrogen) atoms. The summed E-state index contributed by atoms with van der Waals surface area (Å²) in [5.74, 6) is 1.87. The van der Waals surface area contributed by atoms with Crippen LogP contribution in [0.5, 0.6) is 0 Å². The van der Waals surface area contributed by atoms with E-state index in [2.05, 4.69) is 58.9 Å². The van der Waals surface area contributed by atoms with E-state index >= 15 is 0 Å². The third-order valence-corrected chi connectivity index (χ3v) is 6.01. The summed E-state index contributed by atoms with van der Waals surface area (Å²) in [6.45, 7) is 10.9. The maximum absolute atomic E-state index is 6.34. The minimum atomic E-state index is 0.836. The SMILES string of the molecule is CCN(CC)c1nc(N2CCN(Cc3ccccc3Cl)CC2)nc2ccccc12. The van der Waals surface area contributed by atoms with E-state index in [0.29, 0.717) is 0 Å². The molecule has 2 heterocycles. The number of benzene rings is 2. The fourth-order valence-corrected chi connectivity index (χ4v) is 4.12. The number of nitrogens with zero attached hydrogens (tertiary/aromatic N) is 5. The molecule has 6 heteroatoms. The van der Waals surface area contributed by atoms with Crippen molar-refractivity contribution in [2.24, 2.45) is 0 Å². The third kappa shape index (κ3) is 4.31. The van der Waals surface area contributed by atoms with Crippen molar-refractivity contribution in [1.82, 2.24) is 14.9 Å². The first kappa shape index (κ1) is 19.9. The minimum absolute atomic E-state index is 0.836. The molecule has 1 aliphatic rings. The Morgan fingerprint density at radius 1 is 0.897 bits per heavy atom. The van der Waals surface area contributed by atoms with Crippen LogP contribution < -0.4 is 9.80 Å². The molecule has 4 rings (SSSR count).